The molecule has 3 aromatic rings. The van der Waals surface area contributed by atoms with Gasteiger partial charge in [0, 0.05) is 38.4 Å². The molecule has 156 valence electrons. The van der Waals surface area contributed by atoms with Crippen molar-refractivity contribution >= 4 is 22.9 Å². The summed E-state index contributed by atoms with van der Waals surface area (Å²) in [5, 5.41) is 12.0. The zero-order valence-corrected chi connectivity index (χ0v) is 17.0. The first-order chi connectivity index (χ1) is 14.6. The maximum Gasteiger partial charge on any atom is 0.282 e. The molecule has 0 unspecified atom stereocenters. The fourth-order valence-electron chi connectivity index (χ4n) is 3.28. The van der Waals surface area contributed by atoms with Crippen LogP contribution in [0.3, 0.4) is 0 Å². The molecule has 1 saturated heterocycles. The molecule has 0 bridgehead atoms. The lowest BCUT2D eigenvalue weighted by Crippen LogP contribution is -2.45. The van der Waals surface area contributed by atoms with Crippen molar-refractivity contribution in [3.63, 3.8) is 0 Å². The van der Waals surface area contributed by atoms with Crippen LogP contribution in [-0.4, -0.2) is 47.2 Å². The van der Waals surface area contributed by atoms with Crippen LogP contribution in [0.5, 0.6) is 0 Å². The summed E-state index contributed by atoms with van der Waals surface area (Å²) in [7, 11) is 0. The molecule has 1 aromatic heterocycles. The number of piperazine rings is 1. The summed E-state index contributed by atoms with van der Waals surface area (Å²) >= 11 is 1.28. The quantitative estimate of drug-likeness (QED) is 0.653. The molecule has 2 aromatic carbocycles. The van der Waals surface area contributed by atoms with Gasteiger partial charge in [0.25, 0.3) is 5.91 Å². The number of carbonyl (C=O) groups is 1. The molecule has 0 radical (unpaired) electrons. The van der Waals surface area contributed by atoms with Gasteiger partial charge in [0.15, 0.2) is 0 Å². The molecule has 1 N–H and O–H groups in total. The minimum absolute atomic E-state index is 0.230. The Morgan fingerprint density at radius 1 is 0.933 bits per heavy atom. The smallest absolute Gasteiger partial charge is 0.282 e. The van der Waals surface area contributed by atoms with Crippen LogP contribution >= 0.6 is 11.3 Å². The van der Waals surface area contributed by atoms with Crippen LogP contribution in [0.1, 0.15) is 20.4 Å². The number of nitrogens with zero attached hydrogens (tertiary/aromatic N) is 4. The SMILES string of the molecule is O=C(NCc1ccc(F)cc1)c1nnc(CN2CCN(c3ccc(F)cc3)CC2)s1. The van der Waals surface area contributed by atoms with Crippen LogP contribution in [0.15, 0.2) is 48.5 Å². The van der Waals surface area contributed by atoms with Gasteiger partial charge in [-0.1, -0.05) is 23.5 Å². The van der Waals surface area contributed by atoms with Crippen molar-refractivity contribution in [3.8, 4) is 0 Å². The van der Waals surface area contributed by atoms with Crippen molar-refractivity contribution in [2.24, 2.45) is 0 Å². The second-order valence-electron chi connectivity index (χ2n) is 7.05. The molecule has 6 nitrogen and oxygen atoms in total. The number of hydrogen-bond donors (Lipinski definition) is 1. The molecule has 9 heteroatoms. The van der Waals surface area contributed by atoms with E-state index in [0.29, 0.717) is 18.1 Å². The van der Waals surface area contributed by atoms with Gasteiger partial charge in [-0.05, 0) is 42.0 Å². The van der Waals surface area contributed by atoms with Crippen LogP contribution in [-0.2, 0) is 13.1 Å². The lowest BCUT2D eigenvalue weighted by molar-refractivity contribution is 0.0950. The summed E-state index contributed by atoms with van der Waals surface area (Å²) in [6.45, 7) is 4.33. The summed E-state index contributed by atoms with van der Waals surface area (Å²) < 4.78 is 26.0. The van der Waals surface area contributed by atoms with Crippen LogP contribution in [0.25, 0.3) is 0 Å². The monoisotopic (exact) mass is 429 g/mol. The number of benzene rings is 2. The Balaban J connectivity index is 1.26. The summed E-state index contributed by atoms with van der Waals surface area (Å²) in [5.74, 6) is -0.826. The van der Waals surface area contributed by atoms with Gasteiger partial charge in [0.2, 0.25) is 5.01 Å². The number of nitrogens with one attached hydrogen (secondary N) is 1. The maximum absolute atomic E-state index is 13.1. The molecule has 1 aliphatic heterocycles. The van der Waals surface area contributed by atoms with Gasteiger partial charge in [-0.15, -0.1) is 10.2 Å². The van der Waals surface area contributed by atoms with Crippen LogP contribution in [0.2, 0.25) is 0 Å². The molecule has 2 heterocycles. The lowest BCUT2D eigenvalue weighted by atomic mass is 10.2. The summed E-state index contributed by atoms with van der Waals surface area (Å²) in [6.07, 6.45) is 0. The van der Waals surface area contributed by atoms with Gasteiger partial charge < -0.3 is 10.2 Å². The number of hydrogen-bond acceptors (Lipinski definition) is 6. The van der Waals surface area contributed by atoms with Gasteiger partial charge in [-0.2, -0.15) is 0 Å². The van der Waals surface area contributed by atoms with E-state index in [-0.39, 0.29) is 17.5 Å². The first-order valence-corrected chi connectivity index (χ1v) is 10.5. The number of amides is 1. The van der Waals surface area contributed by atoms with Crippen molar-refractivity contribution in [1.82, 2.24) is 20.4 Å². The second-order valence-corrected chi connectivity index (χ2v) is 8.11. The minimum Gasteiger partial charge on any atom is -0.369 e. The van der Waals surface area contributed by atoms with E-state index in [0.717, 1.165) is 42.4 Å². The minimum atomic E-state index is -0.308. The van der Waals surface area contributed by atoms with E-state index < -0.39 is 0 Å². The van der Waals surface area contributed by atoms with Crippen LogP contribution in [0, 0.1) is 11.6 Å². The van der Waals surface area contributed by atoms with E-state index in [1.54, 1.807) is 24.3 Å². The lowest BCUT2D eigenvalue weighted by Gasteiger charge is -2.35. The van der Waals surface area contributed by atoms with E-state index >= 15 is 0 Å². The largest absolute Gasteiger partial charge is 0.369 e. The average Bonchev–Trinajstić information content (AvgIpc) is 3.23. The average molecular weight is 429 g/mol. The fraction of sp³-hybridized carbons (Fsp3) is 0.286. The van der Waals surface area contributed by atoms with Crippen LogP contribution < -0.4 is 10.2 Å². The Hall–Kier alpha value is -2.91. The predicted octanol–water partition coefficient (Wildman–Crippen LogP) is 3.07. The summed E-state index contributed by atoms with van der Waals surface area (Å²) in [4.78, 5) is 16.8. The first kappa shape index (κ1) is 20.4. The Labute approximate surface area is 177 Å². The Bertz CT molecular complexity index is 985. The third-order valence-electron chi connectivity index (χ3n) is 4.95. The zero-order chi connectivity index (χ0) is 20.9. The van der Waals surface area contributed by atoms with Crippen molar-refractivity contribution in [1.29, 1.82) is 0 Å². The van der Waals surface area contributed by atoms with E-state index in [1.807, 2.05) is 0 Å². The van der Waals surface area contributed by atoms with Gasteiger partial charge in [-0.25, -0.2) is 8.78 Å². The van der Waals surface area contributed by atoms with Gasteiger partial charge in [0.1, 0.15) is 16.6 Å². The normalized spacial score (nSPS) is 14.7. The van der Waals surface area contributed by atoms with Gasteiger partial charge >= 0.3 is 0 Å². The second kappa shape index (κ2) is 9.27. The number of rotatable bonds is 6. The number of aromatic nitrogens is 2. The Kier molecular flexibility index (Phi) is 6.29. The van der Waals surface area contributed by atoms with Crippen LogP contribution in [0.4, 0.5) is 14.5 Å². The van der Waals surface area contributed by atoms with E-state index in [2.05, 4.69) is 25.3 Å². The summed E-state index contributed by atoms with van der Waals surface area (Å²) in [6, 6.07) is 12.5. The molecular formula is C21H21F2N5OS. The number of anilines is 1. The summed E-state index contributed by atoms with van der Waals surface area (Å²) in [5.41, 5.74) is 1.83. The fourth-order valence-corrected chi connectivity index (χ4v) is 4.08. The van der Waals surface area contributed by atoms with Crippen molar-refractivity contribution in [2.45, 2.75) is 13.1 Å². The highest BCUT2D eigenvalue weighted by atomic mass is 32.1. The highest BCUT2D eigenvalue weighted by Gasteiger charge is 2.20. The zero-order valence-electron chi connectivity index (χ0n) is 16.2. The molecule has 0 aliphatic carbocycles. The molecule has 0 atom stereocenters. The third-order valence-corrected chi connectivity index (χ3v) is 5.86. The number of halogens is 2. The Morgan fingerprint density at radius 3 is 2.23 bits per heavy atom. The van der Waals surface area contributed by atoms with Gasteiger partial charge in [0.05, 0.1) is 6.54 Å². The first-order valence-electron chi connectivity index (χ1n) is 9.65. The predicted molar refractivity (Wildman–Crippen MR) is 111 cm³/mol. The van der Waals surface area contributed by atoms with Crippen molar-refractivity contribution < 1.29 is 13.6 Å². The highest BCUT2D eigenvalue weighted by molar-refractivity contribution is 7.13. The topological polar surface area (TPSA) is 61.4 Å². The molecular weight excluding hydrogens is 408 g/mol. The molecule has 1 fully saturated rings. The molecule has 4 rings (SSSR count). The van der Waals surface area contributed by atoms with Crippen molar-refractivity contribution in [3.05, 3.63) is 75.7 Å². The van der Waals surface area contributed by atoms with Gasteiger partial charge in [-0.3, -0.25) is 9.69 Å². The van der Waals surface area contributed by atoms with E-state index in [1.165, 1.54) is 35.6 Å². The van der Waals surface area contributed by atoms with Crippen molar-refractivity contribution in [2.75, 3.05) is 31.1 Å². The van der Waals surface area contributed by atoms with E-state index in [4.69, 9.17) is 0 Å². The Morgan fingerprint density at radius 2 is 1.57 bits per heavy atom. The third kappa shape index (κ3) is 5.17. The molecule has 30 heavy (non-hydrogen) atoms. The number of carbonyl (C=O) groups excluding carboxylic acids is 1. The molecule has 1 amide bonds. The standard InChI is InChI=1S/C21H21F2N5OS/c22-16-3-1-15(2-4-16)13-24-20(29)21-26-25-19(30-21)14-27-9-11-28(12-10-27)18-7-5-17(23)6-8-18/h1-8H,9-14H2,(H,24,29). The maximum atomic E-state index is 13.1. The molecule has 0 spiro atoms. The highest BCUT2D eigenvalue weighted by Crippen LogP contribution is 2.19. The molecule has 0 saturated carbocycles. The van der Waals surface area contributed by atoms with E-state index in [9.17, 15) is 13.6 Å². The molecule has 1 aliphatic rings.